The summed E-state index contributed by atoms with van der Waals surface area (Å²) in [5.41, 5.74) is 6.61. The summed E-state index contributed by atoms with van der Waals surface area (Å²) >= 11 is 0. The Labute approximate surface area is 127 Å². The molecule has 21 heavy (non-hydrogen) atoms. The second kappa shape index (κ2) is 8.78. The van der Waals surface area contributed by atoms with Gasteiger partial charge in [-0.05, 0) is 42.4 Å². The second-order valence-electron chi connectivity index (χ2n) is 6.27. The lowest BCUT2D eigenvalue weighted by Crippen LogP contribution is -2.41. The molecule has 4 heteroatoms. The summed E-state index contributed by atoms with van der Waals surface area (Å²) in [5.74, 6) is 0.465. The Kier molecular flexibility index (Phi) is 7.37. The van der Waals surface area contributed by atoms with Crippen molar-refractivity contribution in [2.24, 2.45) is 17.6 Å². The van der Waals surface area contributed by atoms with Gasteiger partial charge in [0.25, 0.3) is 0 Å². The first-order valence-corrected chi connectivity index (χ1v) is 7.64. The van der Waals surface area contributed by atoms with Gasteiger partial charge in [-0.25, -0.2) is 4.39 Å². The normalized spacial score (nSPS) is 14.0. The predicted molar refractivity (Wildman–Crippen MR) is 84.3 cm³/mol. The first-order valence-electron chi connectivity index (χ1n) is 7.64. The van der Waals surface area contributed by atoms with E-state index in [2.05, 4.69) is 19.2 Å². The topological polar surface area (TPSA) is 55.1 Å². The van der Waals surface area contributed by atoms with Crippen LogP contribution in [0.15, 0.2) is 24.3 Å². The molecule has 0 saturated carbocycles. The number of halogens is 1. The summed E-state index contributed by atoms with van der Waals surface area (Å²) in [6.45, 7) is 6.69. The van der Waals surface area contributed by atoms with E-state index in [9.17, 15) is 9.18 Å². The fraction of sp³-hybridized carbons (Fsp3) is 0.588. The van der Waals surface area contributed by atoms with Crippen LogP contribution in [0, 0.1) is 17.7 Å². The lowest BCUT2D eigenvalue weighted by Gasteiger charge is -2.20. The molecule has 0 heterocycles. The van der Waals surface area contributed by atoms with E-state index in [1.54, 1.807) is 6.07 Å². The summed E-state index contributed by atoms with van der Waals surface area (Å²) in [4.78, 5) is 12.0. The van der Waals surface area contributed by atoms with Gasteiger partial charge in [0, 0.05) is 19.0 Å². The fourth-order valence-corrected chi connectivity index (χ4v) is 2.52. The Morgan fingerprint density at radius 3 is 2.62 bits per heavy atom. The molecule has 0 bridgehead atoms. The van der Waals surface area contributed by atoms with Crippen molar-refractivity contribution in [1.82, 2.24) is 5.32 Å². The van der Waals surface area contributed by atoms with Crippen LogP contribution in [-0.4, -0.2) is 18.5 Å². The van der Waals surface area contributed by atoms with Gasteiger partial charge in [0.2, 0.25) is 5.91 Å². The van der Waals surface area contributed by atoms with Gasteiger partial charge in [0.15, 0.2) is 0 Å². The molecule has 1 aromatic rings. The van der Waals surface area contributed by atoms with Crippen molar-refractivity contribution in [3.05, 3.63) is 35.6 Å². The summed E-state index contributed by atoms with van der Waals surface area (Å²) < 4.78 is 13.1. The van der Waals surface area contributed by atoms with Gasteiger partial charge in [0.05, 0.1) is 0 Å². The van der Waals surface area contributed by atoms with Gasteiger partial charge in [-0.1, -0.05) is 32.9 Å². The highest BCUT2D eigenvalue weighted by Gasteiger charge is 2.15. The molecule has 0 aliphatic carbocycles. The van der Waals surface area contributed by atoms with Crippen LogP contribution in [0.4, 0.5) is 4.39 Å². The number of nitrogens with one attached hydrogen (secondary N) is 1. The fourth-order valence-electron chi connectivity index (χ4n) is 2.52. The van der Waals surface area contributed by atoms with Gasteiger partial charge >= 0.3 is 0 Å². The molecule has 1 aromatic carbocycles. The van der Waals surface area contributed by atoms with Crippen molar-refractivity contribution in [1.29, 1.82) is 0 Å². The van der Waals surface area contributed by atoms with Crippen molar-refractivity contribution in [2.45, 2.75) is 46.1 Å². The summed E-state index contributed by atoms with van der Waals surface area (Å²) in [7, 11) is 0. The largest absolute Gasteiger partial charge is 0.352 e. The highest BCUT2D eigenvalue weighted by molar-refractivity contribution is 5.76. The van der Waals surface area contributed by atoms with E-state index < -0.39 is 0 Å². The van der Waals surface area contributed by atoms with Crippen LogP contribution in [0.3, 0.4) is 0 Å². The standard InChI is InChI=1S/C17H27FN2O/c1-12(2)7-16(11-19)20-17(21)9-13(3)8-14-5-4-6-15(18)10-14/h4-6,10,12-13,16H,7-9,11,19H2,1-3H3,(H,20,21). The van der Waals surface area contributed by atoms with Crippen LogP contribution in [0.2, 0.25) is 0 Å². The zero-order valence-corrected chi connectivity index (χ0v) is 13.2. The number of rotatable bonds is 8. The van der Waals surface area contributed by atoms with Crippen LogP contribution >= 0.6 is 0 Å². The molecule has 0 aliphatic rings. The molecule has 1 amide bonds. The van der Waals surface area contributed by atoms with Crippen LogP contribution < -0.4 is 11.1 Å². The molecule has 0 aliphatic heterocycles. The zero-order chi connectivity index (χ0) is 15.8. The molecule has 3 N–H and O–H groups in total. The Morgan fingerprint density at radius 2 is 2.05 bits per heavy atom. The molecular formula is C17H27FN2O. The smallest absolute Gasteiger partial charge is 0.220 e. The van der Waals surface area contributed by atoms with E-state index in [1.165, 1.54) is 12.1 Å². The molecular weight excluding hydrogens is 267 g/mol. The van der Waals surface area contributed by atoms with E-state index >= 15 is 0 Å². The lowest BCUT2D eigenvalue weighted by molar-refractivity contribution is -0.122. The third-order valence-electron chi connectivity index (χ3n) is 3.41. The third kappa shape index (κ3) is 7.23. The Bertz CT molecular complexity index is 448. The molecule has 118 valence electrons. The van der Waals surface area contributed by atoms with Crippen LogP contribution in [-0.2, 0) is 11.2 Å². The second-order valence-corrected chi connectivity index (χ2v) is 6.27. The minimum absolute atomic E-state index is 0.0232. The number of carbonyl (C=O) groups excluding carboxylic acids is 1. The van der Waals surface area contributed by atoms with Crippen molar-refractivity contribution in [3.63, 3.8) is 0 Å². The quantitative estimate of drug-likeness (QED) is 0.774. The number of carbonyl (C=O) groups is 1. The van der Waals surface area contributed by atoms with Gasteiger partial charge in [-0.2, -0.15) is 0 Å². The minimum Gasteiger partial charge on any atom is -0.352 e. The maximum absolute atomic E-state index is 13.1. The Morgan fingerprint density at radius 1 is 1.33 bits per heavy atom. The Hall–Kier alpha value is -1.42. The number of hydrogen-bond acceptors (Lipinski definition) is 2. The summed E-state index contributed by atoms with van der Waals surface area (Å²) in [6.07, 6.45) is 2.02. The maximum Gasteiger partial charge on any atom is 0.220 e. The first-order chi connectivity index (χ1) is 9.90. The van der Waals surface area contributed by atoms with E-state index in [4.69, 9.17) is 5.73 Å². The third-order valence-corrected chi connectivity index (χ3v) is 3.41. The van der Waals surface area contributed by atoms with Crippen LogP contribution in [0.5, 0.6) is 0 Å². The SMILES string of the molecule is CC(C)CC(CN)NC(=O)CC(C)Cc1cccc(F)c1. The molecule has 0 aromatic heterocycles. The number of hydrogen-bond donors (Lipinski definition) is 2. The zero-order valence-electron chi connectivity index (χ0n) is 13.2. The van der Waals surface area contributed by atoms with E-state index in [1.807, 2.05) is 13.0 Å². The maximum atomic E-state index is 13.1. The minimum atomic E-state index is -0.232. The van der Waals surface area contributed by atoms with Gasteiger partial charge in [-0.3, -0.25) is 4.79 Å². The van der Waals surface area contributed by atoms with Gasteiger partial charge in [0.1, 0.15) is 5.82 Å². The van der Waals surface area contributed by atoms with Gasteiger partial charge < -0.3 is 11.1 Å². The van der Waals surface area contributed by atoms with E-state index in [0.717, 1.165) is 12.0 Å². The number of benzene rings is 1. The van der Waals surface area contributed by atoms with E-state index in [-0.39, 0.29) is 23.7 Å². The lowest BCUT2D eigenvalue weighted by atomic mass is 9.97. The molecule has 0 saturated heterocycles. The summed E-state index contributed by atoms with van der Waals surface area (Å²) in [6, 6.07) is 6.58. The number of nitrogens with two attached hydrogens (primary N) is 1. The van der Waals surface area contributed by atoms with Crippen LogP contribution in [0.1, 0.15) is 39.2 Å². The van der Waals surface area contributed by atoms with Gasteiger partial charge in [-0.15, -0.1) is 0 Å². The molecule has 2 unspecified atom stereocenters. The Balaban J connectivity index is 2.42. The molecule has 0 radical (unpaired) electrons. The van der Waals surface area contributed by atoms with Crippen LogP contribution in [0.25, 0.3) is 0 Å². The molecule has 2 atom stereocenters. The highest BCUT2D eigenvalue weighted by atomic mass is 19.1. The summed E-state index contributed by atoms with van der Waals surface area (Å²) in [5, 5.41) is 2.99. The monoisotopic (exact) mass is 294 g/mol. The number of amides is 1. The van der Waals surface area contributed by atoms with Crippen molar-refractivity contribution in [3.8, 4) is 0 Å². The van der Waals surface area contributed by atoms with Crippen molar-refractivity contribution < 1.29 is 9.18 Å². The van der Waals surface area contributed by atoms with Crippen molar-refractivity contribution in [2.75, 3.05) is 6.54 Å². The molecule has 0 spiro atoms. The predicted octanol–water partition coefficient (Wildman–Crippen LogP) is 2.88. The molecule has 1 rings (SSSR count). The first kappa shape index (κ1) is 17.6. The van der Waals surface area contributed by atoms with Crippen molar-refractivity contribution >= 4 is 5.91 Å². The van der Waals surface area contributed by atoms with E-state index in [0.29, 0.717) is 25.3 Å². The molecule has 3 nitrogen and oxygen atoms in total. The average Bonchev–Trinajstić information content (AvgIpc) is 2.36. The highest BCUT2D eigenvalue weighted by Crippen LogP contribution is 2.13. The average molecular weight is 294 g/mol. The molecule has 0 fully saturated rings.